The number of nitrogens with one attached hydrogen (secondary N) is 1. The maximum Gasteiger partial charge on any atom is 0.124 e. The summed E-state index contributed by atoms with van der Waals surface area (Å²) in [7, 11) is 0. The van der Waals surface area contributed by atoms with E-state index in [1.54, 1.807) is 6.07 Å². The summed E-state index contributed by atoms with van der Waals surface area (Å²) in [5, 5.41) is 3.93. The fourth-order valence-corrected chi connectivity index (χ4v) is 2.42. The van der Waals surface area contributed by atoms with Gasteiger partial charge in [-0.05, 0) is 43.2 Å². The van der Waals surface area contributed by atoms with Crippen molar-refractivity contribution < 1.29 is 9.13 Å². The van der Waals surface area contributed by atoms with Gasteiger partial charge in [0.1, 0.15) is 11.6 Å². The standard InChI is InChI=1S/C15H19ClFNO/c1-2-7-18-14(15-4-3-8-19-15)9-11-5-6-12(17)10-13(11)16/h4-6,10,14,18H,2-3,7-9H2,1H3. The summed E-state index contributed by atoms with van der Waals surface area (Å²) in [5.41, 5.74) is 0.938. The minimum atomic E-state index is -0.303. The summed E-state index contributed by atoms with van der Waals surface area (Å²) >= 11 is 6.09. The third-order valence-electron chi connectivity index (χ3n) is 3.16. The molecule has 0 bridgehead atoms. The molecule has 1 N–H and O–H groups in total. The predicted molar refractivity (Wildman–Crippen MR) is 75.8 cm³/mol. The van der Waals surface area contributed by atoms with E-state index in [0.29, 0.717) is 11.4 Å². The van der Waals surface area contributed by atoms with Gasteiger partial charge in [0.25, 0.3) is 0 Å². The van der Waals surface area contributed by atoms with Crippen molar-refractivity contribution in [3.8, 4) is 0 Å². The van der Waals surface area contributed by atoms with Crippen LogP contribution in [0.25, 0.3) is 0 Å². The maximum absolute atomic E-state index is 13.1. The van der Waals surface area contributed by atoms with Crippen LogP contribution in [0.5, 0.6) is 0 Å². The zero-order valence-electron chi connectivity index (χ0n) is 11.1. The van der Waals surface area contributed by atoms with Crippen LogP contribution in [0, 0.1) is 5.82 Å². The molecule has 19 heavy (non-hydrogen) atoms. The van der Waals surface area contributed by atoms with E-state index in [9.17, 15) is 4.39 Å². The average molecular weight is 284 g/mol. The molecule has 1 aromatic rings. The van der Waals surface area contributed by atoms with E-state index >= 15 is 0 Å². The van der Waals surface area contributed by atoms with Crippen molar-refractivity contribution in [1.29, 1.82) is 0 Å². The van der Waals surface area contributed by atoms with Gasteiger partial charge in [0, 0.05) is 11.4 Å². The van der Waals surface area contributed by atoms with E-state index in [2.05, 4.69) is 18.3 Å². The van der Waals surface area contributed by atoms with Crippen molar-refractivity contribution in [1.82, 2.24) is 5.32 Å². The molecule has 4 heteroatoms. The van der Waals surface area contributed by atoms with Crippen molar-refractivity contribution in [2.24, 2.45) is 0 Å². The van der Waals surface area contributed by atoms with Gasteiger partial charge in [-0.15, -0.1) is 0 Å². The van der Waals surface area contributed by atoms with Crippen molar-refractivity contribution in [3.05, 3.63) is 46.4 Å². The summed E-state index contributed by atoms with van der Waals surface area (Å²) in [6, 6.07) is 4.67. The number of benzene rings is 1. The molecule has 2 rings (SSSR count). The van der Waals surface area contributed by atoms with E-state index in [1.807, 2.05) is 0 Å². The van der Waals surface area contributed by atoms with Crippen molar-refractivity contribution in [3.63, 3.8) is 0 Å². The van der Waals surface area contributed by atoms with Crippen molar-refractivity contribution in [2.45, 2.75) is 32.2 Å². The van der Waals surface area contributed by atoms with Crippen LogP contribution in [0.4, 0.5) is 4.39 Å². The lowest BCUT2D eigenvalue weighted by Gasteiger charge is -2.20. The highest BCUT2D eigenvalue weighted by molar-refractivity contribution is 6.31. The van der Waals surface area contributed by atoms with Crippen LogP contribution in [0.1, 0.15) is 25.3 Å². The highest BCUT2D eigenvalue weighted by Gasteiger charge is 2.19. The van der Waals surface area contributed by atoms with E-state index in [4.69, 9.17) is 16.3 Å². The quantitative estimate of drug-likeness (QED) is 0.860. The smallest absolute Gasteiger partial charge is 0.124 e. The number of hydrogen-bond donors (Lipinski definition) is 1. The Morgan fingerprint density at radius 2 is 2.32 bits per heavy atom. The number of ether oxygens (including phenoxy) is 1. The molecule has 2 nitrogen and oxygen atoms in total. The number of halogens is 2. The fourth-order valence-electron chi connectivity index (χ4n) is 2.18. The first-order chi connectivity index (χ1) is 9.20. The molecular formula is C15H19ClFNO. The molecule has 0 saturated carbocycles. The van der Waals surface area contributed by atoms with Crippen LogP contribution in [0.15, 0.2) is 30.0 Å². The largest absolute Gasteiger partial charge is 0.496 e. The Morgan fingerprint density at radius 1 is 1.47 bits per heavy atom. The molecule has 0 aromatic heterocycles. The molecule has 1 aromatic carbocycles. The van der Waals surface area contributed by atoms with Crippen molar-refractivity contribution >= 4 is 11.6 Å². The summed E-state index contributed by atoms with van der Waals surface area (Å²) < 4.78 is 18.7. The Morgan fingerprint density at radius 3 is 2.95 bits per heavy atom. The lowest BCUT2D eigenvalue weighted by molar-refractivity contribution is 0.214. The Hall–Kier alpha value is -1.06. The molecule has 1 unspecified atom stereocenters. The predicted octanol–water partition coefficient (Wildman–Crippen LogP) is 3.69. The second-order valence-electron chi connectivity index (χ2n) is 4.69. The van der Waals surface area contributed by atoms with Crippen LogP contribution < -0.4 is 5.32 Å². The minimum absolute atomic E-state index is 0.116. The normalized spacial score (nSPS) is 16.1. The molecule has 0 radical (unpaired) electrons. The number of rotatable bonds is 6. The first-order valence-electron chi connectivity index (χ1n) is 6.71. The molecule has 0 spiro atoms. The van der Waals surface area contributed by atoms with Crippen LogP contribution in [-0.2, 0) is 11.2 Å². The second kappa shape index (κ2) is 6.92. The summed E-state index contributed by atoms with van der Waals surface area (Å²) in [6.07, 6.45) is 4.84. The first kappa shape index (κ1) is 14.4. The monoisotopic (exact) mass is 283 g/mol. The maximum atomic E-state index is 13.1. The third-order valence-corrected chi connectivity index (χ3v) is 3.51. The molecule has 0 amide bonds. The molecule has 0 fully saturated rings. The molecule has 104 valence electrons. The SMILES string of the molecule is CCCNC(Cc1ccc(F)cc1Cl)C1=CCCO1. The van der Waals surface area contributed by atoms with Gasteiger partial charge in [0.2, 0.25) is 0 Å². The van der Waals surface area contributed by atoms with Gasteiger partial charge in [-0.25, -0.2) is 4.39 Å². The summed E-state index contributed by atoms with van der Waals surface area (Å²) in [4.78, 5) is 0. The van der Waals surface area contributed by atoms with E-state index in [-0.39, 0.29) is 11.9 Å². The molecule has 0 aliphatic carbocycles. The van der Waals surface area contributed by atoms with E-state index < -0.39 is 0 Å². The lowest BCUT2D eigenvalue weighted by Crippen LogP contribution is -2.34. The molecule has 1 aliphatic heterocycles. The Kier molecular flexibility index (Phi) is 5.23. The zero-order valence-corrected chi connectivity index (χ0v) is 11.8. The van der Waals surface area contributed by atoms with Gasteiger partial charge in [-0.2, -0.15) is 0 Å². The van der Waals surface area contributed by atoms with Crippen LogP contribution in [0.2, 0.25) is 5.02 Å². The highest BCUT2D eigenvalue weighted by Crippen LogP contribution is 2.23. The van der Waals surface area contributed by atoms with Gasteiger partial charge in [0.05, 0.1) is 12.6 Å². The molecular weight excluding hydrogens is 265 g/mol. The van der Waals surface area contributed by atoms with Crippen molar-refractivity contribution in [2.75, 3.05) is 13.2 Å². The fraction of sp³-hybridized carbons (Fsp3) is 0.467. The van der Waals surface area contributed by atoms with E-state index in [0.717, 1.165) is 37.3 Å². The number of hydrogen-bond acceptors (Lipinski definition) is 2. The van der Waals surface area contributed by atoms with Gasteiger partial charge < -0.3 is 10.1 Å². The van der Waals surface area contributed by atoms with Crippen LogP contribution in [0.3, 0.4) is 0 Å². The third kappa shape index (κ3) is 3.95. The topological polar surface area (TPSA) is 21.3 Å². The van der Waals surface area contributed by atoms with Gasteiger partial charge in [-0.1, -0.05) is 24.6 Å². The lowest BCUT2D eigenvalue weighted by atomic mass is 10.0. The Balaban J connectivity index is 2.10. The minimum Gasteiger partial charge on any atom is -0.496 e. The molecule has 1 heterocycles. The first-order valence-corrected chi connectivity index (χ1v) is 7.08. The highest BCUT2D eigenvalue weighted by atomic mass is 35.5. The van der Waals surface area contributed by atoms with Gasteiger partial charge >= 0.3 is 0 Å². The molecule has 1 aliphatic rings. The van der Waals surface area contributed by atoms with Crippen LogP contribution in [-0.4, -0.2) is 19.2 Å². The van der Waals surface area contributed by atoms with E-state index in [1.165, 1.54) is 12.1 Å². The molecule has 0 saturated heterocycles. The van der Waals surface area contributed by atoms with Gasteiger partial charge in [0.15, 0.2) is 0 Å². The second-order valence-corrected chi connectivity index (χ2v) is 5.10. The van der Waals surface area contributed by atoms with Gasteiger partial charge in [-0.3, -0.25) is 0 Å². The zero-order chi connectivity index (χ0) is 13.7. The average Bonchev–Trinajstić information content (AvgIpc) is 2.90. The Labute approximate surface area is 118 Å². The summed E-state index contributed by atoms with van der Waals surface area (Å²) in [6.45, 7) is 3.79. The summed E-state index contributed by atoms with van der Waals surface area (Å²) in [5.74, 6) is 0.678. The molecule has 1 atom stereocenters. The van der Waals surface area contributed by atoms with Crippen LogP contribution >= 0.6 is 11.6 Å². The Bertz CT molecular complexity index is 461.